The molecule has 8 aromatic heterocycles. The molecule has 0 unspecified atom stereocenters. The smallest absolute Gasteiger partial charge is 0.127 e. The molecule has 0 spiro atoms. The highest BCUT2D eigenvalue weighted by atomic mass is 16.4. The summed E-state index contributed by atoms with van der Waals surface area (Å²) in [6.45, 7) is 8.28. The van der Waals surface area contributed by atoms with E-state index in [0.717, 1.165) is 92.2 Å². The summed E-state index contributed by atoms with van der Waals surface area (Å²) in [6, 6.07) is 31.6. The fourth-order valence-electron chi connectivity index (χ4n) is 7.80. The summed E-state index contributed by atoms with van der Waals surface area (Å²) in [5.41, 5.74) is 0. The summed E-state index contributed by atoms with van der Waals surface area (Å²) in [7, 11) is 0. The van der Waals surface area contributed by atoms with Gasteiger partial charge in [-0.2, -0.15) is 0 Å². The molecule has 0 saturated heterocycles. The third kappa shape index (κ3) is 12.8. The van der Waals surface area contributed by atoms with Gasteiger partial charge in [-0.1, -0.05) is 97.2 Å². The van der Waals surface area contributed by atoms with Gasteiger partial charge in [-0.05, 0) is 173 Å². The van der Waals surface area contributed by atoms with Gasteiger partial charge in [-0.3, -0.25) is 0 Å². The number of allylic oxidation sites excluding steroid dienone is 16. The van der Waals surface area contributed by atoms with E-state index >= 15 is 0 Å². The molecule has 0 amide bonds. The van der Waals surface area contributed by atoms with Crippen LogP contribution in [0.1, 0.15) is 144 Å². The average Bonchev–Trinajstić information content (AvgIpc) is 4.25. The molecule has 8 heteroatoms. The second-order valence-electron chi connectivity index (χ2n) is 17.2. The molecule has 72 heavy (non-hydrogen) atoms. The predicted molar refractivity (Wildman–Crippen MR) is 289 cm³/mol. The summed E-state index contributed by atoms with van der Waals surface area (Å²) in [5, 5.41) is 0. The van der Waals surface area contributed by atoms with Crippen molar-refractivity contribution in [2.75, 3.05) is 0 Å². The first-order chi connectivity index (χ1) is 35.3. The zero-order chi connectivity index (χ0) is 49.5. The third-order valence-electron chi connectivity index (χ3n) is 12.0. The fourth-order valence-corrected chi connectivity index (χ4v) is 7.80. The van der Waals surface area contributed by atoms with Gasteiger partial charge in [-0.25, -0.2) is 0 Å². The van der Waals surface area contributed by atoms with Crippen LogP contribution in [0.4, 0.5) is 0 Å². The van der Waals surface area contributed by atoms with Crippen molar-refractivity contribution in [1.82, 2.24) is 0 Å². The van der Waals surface area contributed by atoms with Gasteiger partial charge < -0.3 is 35.3 Å². The Morgan fingerprint density at radius 2 is 0.306 bits per heavy atom. The van der Waals surface area contributed by atoms with Gasteiger partial charge in [0, 0.05) is 0 Å². The first kappa shape index (κ1) is 48.2. The Labute approximate surface area is 420 Å². The highest BCUT2D eigenvalue weighted by molar-refractivity contribution is 5.54. The minimum atomic E-state index is -0.0510. The topological polar surface area (TPSA) is 105 Å². The Bertz CT molecular complexity index is 2730. The highest BCUT2D eigenvalue weighted by Gasteiger charge is 2.19. The normalized spacial score (nSPS) is 18.2. The van der Waals surface area contributed by atoms with E-state index in [1.54, 1.807) is 0 Å². The van der Waals surface area contributed by atoms with Crippen molar-refractivity contribution in [2.45, 2.75) is 51.4 Å². The molecule has 0 radical (unpaired) electrons. The summed E-state index contributed by atoms with van der Waals surface area (Å²) in [4.78, 5) is 0. The van der Waals surface area contributed by atoms with Crippen LogP contribution >= 0.6 is 0 Å². The molecule has 0 aromatic carbocycles. The van der Waals surface area contributed by atoms with Crippen LogP contribution in [0.2, 0.25) is 0 Å². The van der Waals surface area contributed by atoms with Crippen molar-refractivity contribution in [2.24, 2.45) is 0 Å². The maximum Gasteiger partial charge on any atom is 0.127 e. The van der Waals surface area contributed by atoms with E-state index in [1.165, 1.54) is 0 Å². The van der Waals surface area contributed by atoms with Gasteiger partial charge in [0.05, 0.1) is 23.7 Å². The van der Waals surface area contributed by atoms with E-state index in [2.05, 4.69) is 27.7 Å². The molecule has 9 rings (SSSR count). The second-order valence-corrected chi connectivity index (χ2v) is 17.2. The first-order valence-corrected chi connectivity index (χ1v) is 24.1. The summed E-state index contributed by atoms with van der Waals surface area (Å²) in [5.74, 6) is 12.4. The Hall–Kier alpha value is -8.88. The van der Waals surface area contributed by atoms with E-state index in [0.29, 0.717) is 0 Å². The molecule has 16 bridgehead atoms. The van der Waals surface area contributed by atoms with Crippen molar-refractivity contribution in [3.8, 4) is 0 Å². The van der Waals surface area contributed by atoms with E-state index < -0.39 is 0 Å². The molecule has 0 fully saturated rings. The van der Waals surface area contributed by atoms with E-state index in [4.69, 9.17) is 35.3 Å². The Morgan fingerprint density at radius 1 is 0.181 bits per heavy atom. The van der Waals surface area contributed by atoms with Crippen molar-refractivity contribution < 1.29 is 35.3 Å². The van der Waals surface area contributed by atoms with Crippen molar-refractivity contribution >= 4 is 48.6 Å². The minimum Gasteiger partial charge on any atom is -0.461 e. The van der Waals surface area contributed by atoms with Crippen LogP contribution in [0, 0.1) is 0 Å². The molecule has 8 aromatic rings. The lowest BCUT2D eigenvalue weighted by atomic mass is 10.1. The van der Waals surface area contributed by atoms with Crippen LogP contribution in [0.15, 0.2) is 230 Å². The molecule has 1 aliphatic heterocycles. The van der Waals surface area contributed by atoms with Crippen LogP contribution in [0.5, 0.6) is 0 Å². The first-order valence-electron chi connectivity index (χ1n) is 24.1. The minimum absolute atomic E-state index is 0.0510. The number of fused-ring (bicyclic) bond motifs is 16. The fraction of sp³-hybridized carbons (Fsp3) is 0.125. The van der Waals surface area contributed by atoms with Gasteiger partial charge in [0.25, 0.3) is 0 Å². The maximum absolute atomic E-state index is 6.14. The van der Waals surface area contributed by atoms with Crippen LogP contribution in [0.3, 0.4) is 0 Å². The standard InChI is InChI=1S/C64H56O8/c1-45-57-37-29-49(65-57)21-13-5-7-15-23-51-31-39-59(67-51)46(2)61-41-33-53(69-61)25-17-9-11-19-27-55-35-43-63(71-55)48(4)64-44-36-56(72-64)28-20-12-10-18-26-54-34-42-62(70-54)47(3)60-40-32-52(68-60)24-16-8-6-14-22-50-30-38-58(45)66-50/h5-48H,1-4H3. The van der Waals surface area contributed by atoms with E-state index in [-0.39, 0.29) is 23.7 Å². The van der Waals surface area contributed by atoms with Gasteiger partial charge in [0.2, 0.25) is 0 Å². The molecule has 0 aliphatic carbocycles. The number of hydrogen-bond donors (Lipinski definition) is 0. The molecule has 8 nitrogen and oxygen atoms in total. The lowest BCUT2D eigenvalue weighted by molar-refractivity contribution is 0.432. The van der Waals surface area contributed by atoms with Crippen LogP contribution < -0.4 is 0 Å². The van der Waals surface area contributed by atoms with Gasteiger partial charge in [-0.15, -0.1) is 0 Å². The molecule has 0 N–H and O–H groups in total. The van der Waals surface area contributed by atoms with E-state index in [1.807, 2.05) is 243 Å². The van der Waals surface area contributed by atoms with Gasteiger partial charge in [0.15, 0.2) is 0 Å². The Morgan fingerprint density at radius 3 is 0.431 bits per heavy atom. The summed E-state index contributed by atoms with van der Waals surface area (Å²) < 4.78 is 49.1. The predicted octanol–water partition coefficient (Wildman–Crippen LogP) is 18.5. The molecular formula is C64H56O8. The molecule has 1 aliphatic rings. The second kappa shape index (κ2) is 23.6. The SMILES string of the molecule is CC1c2ccc(o2)C=CC=CC=Cc2ccc(o2)C(C)c2ccc(o2)C=CC=CC=Cc2ccc(o2)C(C)c2ccc(o2)C=CC=CC=Cc2ccc(o2)C(C)c2ccc(o2)C=CC=CC=Cc2ccc1o2. The van der Waals surface area contributed by atoms with Crippen molar-refractivity contribution in [1.29, 1.82) is 0 Å². The van der Waals surface area contributed by atoms with E-state index in [9.17, 15) is 0 Å². The zero-order valence-corrected chi connectivity index (χ0v) is 40.7. The number of furan rings is 8. The highest BCUT2D eigenvalue weighted by Crippen LogP contribution is 2.32. The lowest BCUT2D eigenvalue weighted by Crippen LogP contribution is -1.91. The van der Waals surface area contributed by atoms with Crippen molar-refractivity contribution in [3.63, 3.8) is 0 Å². The molecule has 360 valence electrons. The molecule has 0 saturated carbocycles. The number of rotatable bonds is 0. The molecule has 0 atom stereocenters. The van der Waals surface area contributed by atoms with Crippen LogP contribution in [-0.4, -0.2) is 0 Å². The monoisotopic (exact) mass is 952 g/mol. The Kier molecular flexibility index (Phi) is 15.8. The maximum atomic E-state index is 6.14. The summed E-state index contributed by atoms with van der Waals surface area (Å²) in [6.07, 6.45) is 46.6. The van der Waals surface area contributed by atoms with Crippen molar-refractivity contribution in [3.05, 3.63) is 286 Å². The van der Waals surface area contributed by atoms with Crippen LogP contribution in [0.25, 0.3) is 48.6 Å². The van der Waals surface area contributed by atoms with Gasteiger partial charge >= 0.3 is 0 Å². The zero-order valence-electron chi connectivity index (χ0n) is 40.7. The Balaban J connectivity index is 0.856. The van der Waals surface area contributed by atoms with Gasteiger partial charge in [0.1, 0.15) is 92.2 Å². The van der Waals surface area contributed by atoms with Crippen LogP contribution in [-0.2, 0) is 0 Å². The number of hydrogen-bond acceptors (Lipinski definition) is 8. The lowest BCUT2D eigenvalue weighted by Gasteiger charge is -2.04. The molecular weight excluding hydrogens is 897 g/mol. The summed E-state index contributed by atoms with van der Waals surface area (Å²) >= 11 is 0. The quantitative estimate of drug-likeness (QED) is 0.148. The third-order valence-corrected chi connectivity index (χ3v) is 12.0. The average molecular weight is 953 g/mol. The molecule has 9 heterocycles. The largest absolute Gasteiger partial charge is 0.461 e.